The van der Waals surface area contributed by atoms with Crippen LogP contribution in [0.1, 0.15) is 29.6 Å². The Balaban J connectivity index is 1.67. The van der Waals surface area contributed by atoms with Gasteiger partial charge in [-0.2, -0.15) is 0 Å². The average Bonchev–Trinajstić information content (AvgIpc) is 3.10. The first-order chi connectivity index (χ1) is 9.11. The topological polar surface area (TPSA) is 65.5 Å². The molecule has 3 rings (SSSR count). The van der Waals surface area contributed by atoms with Crippen molar-refractivity contribution >= 4 is 23.4 Å². The average molecular weight is 282 g/mol. The predicted molar refractivity (Wildman–Crippen MR) is 72.8 cm³/mol. The first-order valence-corrected chi connectivity index (χ1v) is 6.91. The van der Waals surface area contributed by atoms with E-state index in [0.29, 0.717) is 11.9 Å². The highest BCUT2D eigenvalue weighted by Gasteiger charge is 2.34. The maximum absolute atomic E-state index is 11.0. The van der Waals surface area contributed by atoms with Gasteiger partial charge in [0.2, 0.25) is 0 Å². The minimum Gasteiger partial charge on any atom is -0.478 e. The van der Waals surface area contributed by atoms with Crippen LogP contribution in [-0.4, -0.2) is 46.1 Å². The van der Waals surface area contributed by atoms with E-state index in [1.807, 2.05) is 0 Å². The normalized spacial score (nSPS) is 23.5. The van der Waals surface area contributed by atoms with Crippen molar-refractivity contribution in [3.05, 3.63) is 22.8 Å². The van der Waals surface area contributed by atoms with Gasteiger partial charge in [-0.1, -0.05) is 11.6 Å². The lowest BCUT2D eigenvalue weighted by atomic mass is 10.2. The summed E-state index contributed by atoms with van der Waals surface area (Å²) in [6.07, 6.45) is 3.68. The molecule has 1 aliphatic heterocycles. The van der Waals surface area contributed by atoms with Gasteiger partial charge in [0.15, 0.2) is 0 Å². The Kier molecular flexibility index (Phi) is 3.33. The molecule has 5 nitrogen and oxygen atoms in total. The van der Waals surface area contributed by atoms with Gasteiger partial charge in [-0.3, -0.25) is 4.90 Å². The van der Waals surface area contributed by atoms with Crippen LogP contribution in [0.5, 0.6) is 0 Å². The zero-order valence-corrected chi connectivity index (χ0v) is 11.2. The molecule has 0 aromatic carbocycles. The van der Waals surface area contributed by atoms with Crippen molar-refractivity contribution < 1.29 is 9.90 Å². The largest absolute Gasteiger partial charge is 0.478 e. The number of carboxylic acids is 1. The van der Waals surface area contributed by atoms with Crippen molar-refractivity contribution in [3.63, 3.8) is 0 Å². The summed E-state index contributed by atoms with van der Waals surface area (Å²) in [5, 5.41) is 12.5. The van der Waals surface area contributed by atoms with Gasteiger partial charge >= 0.3 is 5.97 Å². The third-order valence-corrected chi connectivity index (χ3v) is 3.87. The maximum Gasteiger partial charge on any atom is 0.335 e. The molecule has 0 spiro atoms. The van der Waals surface area contributed by atoms with Crippen LogP contribution in [0.4, 0.5) is 5.82 Å². The number of aromatic carboxylic acids is 1. The second-order valence-electron chi connectivity index (χ2n) is 5.22. The van der Waals surface area contributed by atoms with Gasteiger partial charge in [-0.15, -0.1) is 0 Å². The third kappa shape index (κ3) is 2.98. The molecule has 1 saturated carbocycles. The number of likely N-dealkylation sites (tertiary alicyclic amines) is 1. The molecule has 2 aliphatic rings. The van der Waals surface area contributed by atoms with Crippen LogP contribution in [0.25, 0.3) is 0 Å². The highest BCUT2D eigenvalue weighted by Crippen LogP contribution is 2.30. The van der Waals surface area contributed by atoms with Gasteiger partial charge in [-0.05, 0) is 31.4 Å². The molecule has 1 aromatic rings. The van der Waals surface area contributed by atoms with Gasteiger partial charge in [0, 0.05) is 25.2 Å². The Hall–Kier alpha value is -1.33. The Bertz CT molecular complexity index is 505. The van der Waals surface area contributed by atoms with Crippen LogP contribution < -0.4 is 5.32 Å². The zero-order valence-electron chi connectivity index (χ0n) is 10.5. The van der Waals surface area contributed by atoms with Gasteiger partial charge in [0.1, 0.15) is 11.0 Å². The van der Waals surface area contributed by atoms with E-state index >= 15 is 0 Å². The van der Waals surface area contributed by atoms with Crippen LogP contribution in [0.2, 0.25) is 5.15 Å². The number of nitrogens with one attached hydrogen (secondary N) is 1. The number of pyridine rings is 1. The minimum atomic E-state index is -0.988. The molecular weight excluding hydrogens is 266 g/mol. The van der Waals surface area contributed by atoms with Crippen LogP contribution in [0.3, 0.4) is 0 Å². The van der Waals surface area contributed by atoms with E-state index in [9.17, 15) is 4.79 Å². The summed E-state index contributed by atoms with van der Waals surface area (Å²) in [6, 6.07) is 4.00. The Morgan fingerprint density at radius 1 is 1.42 bits per heavy atom. The molecule has 19 heavy (non-hydrogen) atoms. The number of carbonyl (C=O) groups is 1. The molecule has 0 amide bonds. The maximum atomic E-state index is 11.0. The SMILES string of the molecule is O=C(O)c1cc(Cl)nc(NC2CCN(C3CC3)C2)c1. The fraction of sp³-hybridized carbons (Fsp3) is 0.538. The van der Waals surface area contributed by atoms with Crippen molar-refractivity contribution in [1.82, 2.24) is 9.88 Å². The van der Waals surface area contributed by atoms with Gasteiger partial charge in [0.25, 0.3) is 0 Å². The lowest BCUT2D eigenvalue weighted by molar-refractivity contribution is 0.0697. The highest BCUT2D eigenvalue weighted by molar-refractivity contribution is 6.29. The number of anilines is 1. The number of rotatable bonds is 4. The van der Waals surface area contributed by atoms with Crippen molar-refractivity contribution in [2.45, 2.75) is 31.3 Å². The second kappa shape index (κ2) is 4.98. The first-order valence-electron chi connectivity index (χ1n) is 6.53. The Labute approximate surface area is 116 Å². The van der Waals surface area contributed by atoms with E-state index in [1.54, 1.807) is 0 Å². The van der Waals surface area contributed by atoms with E-state index in [1.165, 1.54) is 25.0 Å². The first kappa shape index (κ1) is 12.7. The molecule has 2 heterocycles. The fourth-order valence-corrected chi connectivity index (χ4v) is 2.79. The lowest BCUT2D eigenvalue weighted by Gasteiger charge is -2.16. The van der Waals surface area contributed by atoms with E-state index in [4.69, 9.17) is 16.7 Å². The zero-order chi connectivity index (χ0) is 13.4. The van der Waals surface area contributed by atoms with Crippen LogP contribution in [0, 0.1) is 0 Å². The molecule has 1 saturated heterocycles. The molecule has 102 valence electrons. The number of hydrogen-bond acceptors (Lipinski definition) is 4. The van der Waals surface area contributed by atoms with Gasteiger partial charge in [0.05, 0.1) is 5.56 Å². The monoisotopic (exact) mass is 281 g/mol. The van der Waals surface area contributed by atoms with Crippen molar-refractivity contribution in [1.29, 1.82) is 0 Å². The highest BCUT2D eigenvalue weighted by atomic mass is 35.5. The number of nitrogens with zero attached hydrogens (tertiary/aromatic N) is 2. The molecule has 0 bridgehead atoms. The van der Waals surface area contributed by atoms with Crippen molar-refractivity contribution in [3.8, 4) is 0 Å². The summed E-state index contributed by atoms with van der Waals surface area (Å²) >= 11 is 5.84. The summed E-state index contributed by atoms with van der Waals surface area (Å²) in [7, 11) is 0. The molecular formula is C13H16ClN3O2. The van der Waals surface area contributed by atoms with Crippen LogP contribution in [-0.2, 0) is 0 Å². The summed E-state index contributed by atoms with van der Waals surface area (Å²) < 4.78 is 0. The summed E-state index contributed by atoms with van der Waals surface area (Å²) in [6.45, 7) is 2.11. The van der Waals surface area contributed by atoms with Crippen LogP contribution in [0.15, 0.2) is 12.1 Å². The molecule has 6 heteroatoms. The van der Waals surface area contributed by atoms with Crippen LogP contribution >= 0.6 is 11.6 Å². The molecule has 0 radical (unpaired) electrons. The quantitative estimate of drug-likeness (QED) is 0.827. The van der Waals surface area contributed by atoms with Crippen molar-refractivity contribution in [2.24, 2.45) is 0 Å². The number of hydrogen-bond donors (Lipinski definition) is 2. The molecule has 2 N–H and O–H groups in total. The van der Waals surface area contributed by atoms with Gasteiger partial charge in [-0.25, -0.2) is 9.78 Å². The van der Waals surface area contributed by atoms with Crippen molar-refractivity contribution in [2.75, 3.05) is 18.4 Å². The smallest absolute Gasteiger partial charge is 0.335 e. The Morgan fingerprint density at radius 2 is 2.21 bits per heavy atom. The molecule has 1 unspecified atom stereocenters. The van der Waals surface area contributed by atoms with Gasteiger partial charge < -0.3 is 10.4 Å². The summed E-state index contributed by atoms with van der Waals surface area (Å²) in [4.78, 5) is 17.6. The number of carboxylic acid groups (broad SMARTS) is 1. The van der Waals surface area contributed by atoms with E-state index in [2.05, 4.69) is 15.2 Å². The second-order valence-corrected chi connectivity index (χ2v) is 5.61. The molecule has 1 aromatic heterocycles. The van der Waals surface area contributed by atoms with E-state index in [-0.39, 0.29) is 10.7 Å². The minimum absolute atomic E-state index is 0.166. The summed E-state index contributed by atoms with van der Waals surface area (Å²) in [5.41, 5.74) is 0.166. The molecule has 1 aliphatic carbocycles. The standard InChI is InChI=1S/C13H16ClN3O2/c14-11-5-8(13(18)19)6-12(16-11)15-9-3-4-17(7-9)10-1-2-10/h5-6,9-10H,1-4,7H2,(H,15,16)(H,18,19). The number of aromatic nitrogens is 1. The molecule has 2 fully saturated rings. The Morgan fingerprint density at radius 3 is 2.89 bits per heavy atom. The molecule has 1 atom stereocenters. The van der Waals surface area contributed by atoms with E-state index < -0.39 is 5.97 Å². The lowest BCUT2D eigenvalue weighted by Crippen LogP contribution is -2.28. The van der Waals surface area contributed by atoms with E-state index in [0.717, 1.165) is 25.6 Å². The summed E-state index contributed by atoms with van der Waals surface area (Å²) in [5.74, 6) is -0.439. The number of halogens is 1. The third-order valence-electron chi connectivity index (χ3n) is 3.68. The fourth-order valence-electron chi connectivity index (χ4n) is 2.58. The predicted octanol–water partition coefficient (Wildman–Crippen LogP) is 2.08.